The number of nitrogens with one attached hydrogen (secondary N) is 1. The molecule has 3 aliphatic rings. The minimum atomic E-state index is 0.159. The summed E-state index contributed by atoms with van der Waals surface area (Å²) in [5.74, 6) is 1.82. The van der Waals surface area contributed by atoms with E-state index in [0.29, 0.717) is 42.0 Å². The van der Waals surface area contributed by atoms with Crippen LogP contribution in [0.1, 0.15) is 41.2 Å². The van der Waals surface area contributed by atoms with Crippen LogP contribution in [0.15, 0.2) is 36.5 Å². The number of aromatic nitrogens is 2. The van der Waals surface area contributed by atoms with Crippen LogP contribution in [0.3, 0.4) is 0 Å². The third-order valence-corrected chi connectivity index (χ3v) is 7.52. The van der Waals surface area contributed by atoms with E-state index >= 15 is 0 Å². The normalized spacial score (nSPS) is 22.2. The van der Waals surface area contributed by atoms with Gasteiger partial charge in [0.15, 0.2) is 5.78 Å². The van der Waals surface area contributed by atoms with Gasteiger partial charge in [0.2, 0.25) is 0 Å². The van der Waals surface area contributed by atoms with Crippen molar-refractivity contribution in [2.45, 2.75) is 31.3 Å². The Hall–Kier alpha value is -3.57. The topological polar surface area (TPSA) is 86.4 Å². The van der Waals surface area contributed by atoms with Crippen LogP contribution in [0, 0.1) is 11.3 Å². The minimum Gasteiger partial charge on any atom is -0.492 e. The van der Waals surface area contributed by atoms with Gasteiger partial charge < -0.3 is 24.4 Å². The molecule has 2 aromatic heterocycles. The number of ether oxygens (including phenoxy) is 1. The minimum absolute atomic E-state index is 0.159. The van der Waals surface area contributed by atoms with Gasteiger partial charge in [0.25, 0.3) is 0 Å². The third-order valence-electron chi connectivity index (χ3n) is 7.52. The van der Waals surface area contributed by atoms with Crippen molar-refractivity contribution in [2.24, 2.45) is 0 Å². The Morgan fingerprint density at radius 2 is 1.91 bits per heavy atom. The zero-order valence-corrected chi connectivity index (χ0v) is 19.3. The Morgan fingerprint density at radius 1 is 1.12 bits per heavy atom. The number of anilines is 2. The van der Waals surface area contributed by atoms with E-state index in [9.17, 15) is 10.1 Å². The van der Waals surface area contributed by atoms with Crippen molar-refractivity contribution in [3.63, 3.8) is 0 Å². The average molecular weight is 457 g/mol. The number of piperazine rings is 1. The van der Waals surface area contributed by atoms with Crippen molar-refractivity contribution in [3.05, 3.63) is 47.7 Å². The molecule has 2 aliphatic heterocycles. The van der Waals surface area contributed by atoms with Gasteiger partial charge in [-0.25, -0.2) is 4.98 Å². The number of rotatable bonds is 4. The molecule has 8 heteroatoms. The van der Waals surface area contributed by atoms with Crippen molar-refractivity contribution < 1.29 is 9.53 Å². The van der Waals surface area contributed by atoms with Gasteiger partial charge in [-0.15, -0.1) is 0 Å². The number of nitriles is 1. The van der Waals surface area contributed by atoms with Crippen molar-refractivity contribution in [1.82, 2.24) is 14.9 Å². The van der Waals surface area contributed by atoms with E-state index in [1.165, 1.54) is 0 Å². The molecular weight excluding hydrogens is 428 g/mol. The van der Waals surface area contributed by atoms with Gasteiger partial charge in [-0.05, 0) is 44.2 Å². The van der Waals surface area contributed by atoms with Gasteiger partial charge in [0.05, 0.1) is 17.7 Å². The van der Waals surface area contributed by atoms with Crippen molar-refractivity contribution >= 4 is 28.3 Å². The molecule has 0 radical (unpaired) electrons. The third kappa shape index (κ3) is 3.48. The van der Waals surface area contributed by atoms with Crippen LogP contribution in [0.4, 0.5) is 11.5 Å². The van der Waals surface area contributed by atoms with E-state index < -0.39 is 0 Å². The number of carbonyl (C=O) groups is 1. The summed E-state index contributed by atoms with van der Waals surface area (Å²) in [7, 11) is 2.00. The number of nitrogens with zero attached hydrogens (tertiary/aromatic N) is 5. The van der Waals surface area contributed by atoms with Crippen LogP contribution >= 0.6 is 0 Å². The number of ketones is 1. The second-order valence-electron chi connectivity index (χ2n) is 9.39. The SMILES string of the molecule is CN[C@H]1C[C@H](n2cc(C#N)c3ccc(N4CCN(c5ccc6c(c5)OCCC6=O)CC4)nc32)C1. The Bertz CT molecular complexity index is 1290. The Labute approximate surface area is 198 Å². The van der Waals surface area contributed by atoms with Crippen LogP contribution < -0.4 is 19.9 Å². The number of Topliss-reactive ketones (excluding diaryl/α,β-unsaturated/α-hetero) is 1. The standard InChI is InChI=1S/C26H28N6O2/c1-28-18-12-20(13-18)32-16-17(15-27)21-4-5-25(29-26(21)32)31-9-7-30(8-10-31)19-2-3-22-23(33)6-11-34-24(22)14-19/h2-5,14,16,18,20,28H,6-13H2,1H3/t18-,20-. The molecular formula is C26H28N6O2. The molecule has 2 fully saturated rings. The summed E-state index contributed by atoms with van der Waals surface area (Å²) >= 11 is 0. The molecule has 3 aromatic rings. The van der Waals surface area contributed by atoms with Gasteiger partial charge in [-0.3, -0.25) is 4.79 Å². The first kappa shape index (κ1) is 21.0. The summed E-state index contributed by atoms with van der Waals surface area (Å²) in [5.41, 5.74) is 3.39. The maximum Gasteiger partial charge on any atom is 0.169 e. The average Bonchev–Trinajstić information content (AvgIpc) is 3.21. The van der Waals surface area contributed by atoms with Crippen LogP contribution in [0.5, 0.6) is 5.75 Å². The Balaban J connectivity index is 1.20. The molecule has 1 aromatic carbocycles. The summed E-state index contributed by atoms with van der Waals surface area (Å²) < 4.78 is 7.93. The molecule has 1 saturated heterocycles. The van der Waals surface area contributed by atoms with E-state index in [2.05, 4.69) is 25.8 Å². The van der Waals surface area contributed by atoms with E-state index in [0.717, 1.165) is 61.6 Å². The van der Waals surface area contributed by atoms with Crippen LogP contribution in [-0.4, -0.2) is 61.2 Å². The first-order valence-corrected chi connectivity index (χ1v) is 12.0. The molecule has 8 nitrogen and oxygen atoms in total. The fraction of sp³-hybridized carbons (Fsp3) is 0.423. The Morgan fingerprint density at radius 3 is 2.68 bits per heavy atom. The van der Waals surface area contributed by atoms with E-state index in [1.54, 1.807) is 0 Å². The second-order valence-corrected chi connectivity index (χ2v) is 9.39. The van der Waals surface area contributed by atoms with Gasteiger partial charge in [0.1, 0.15) is 23.3 Å². The lowest BCUT2D eigenvalue weighted by molar-refractivity contribution is 0.0933. The first-order chi connectivity index (χ1) is 16.6. The molecule has 0 amide bonds. The molecule has 0 atom stereocenters. The predicted molar refractivity (Wildman–Crippen MR) is 131 cm³/mol. The lowest BCUT2D eigenvalue weighted by Crippen LogP contribution is -2.46. The lowest BCUT2D eigenvalue weighted by atomic mass is 9.87. The fourth-order valence-corrected chi connectivity index (χ4v) is 5.35. The number of fused-ring (bicyclic) bond motifs is 2. The largest absolute Gasteiger partial charge is 0.492 e. The highest BCUT2D eigenvalue weighted by atomic mass is 16.5. The van der Waals surface area contributed by atoms with Gasteiger partial charge in [0, 0.05) is 68.0 Å². The quantitative estimate of drug-likeness (QED) is 0.646. The summed E-state index contributed by atoms with van der Waals surface area (Å²) in [6.45, 7) is 3.90. The zero-order valence-electron chi connectivity index (χ0n) is 19.3. The molecule has 0 unspecified atom stereocenters. The van der Waals surface area contributed by atoms with Crippen molar-refractivity contribution in [2.75, 3.05) is 49.6 Å². The molecule has 4 heterocycles. The van der Waals surface area contributed by atoms with Gasteiger partial charge in [-0.1, -0.05) is 0 Å². The summed E-state index contributed by atoms with van der Waals surface area (Å²) in [4.78, 5) is 21.8. The number of hydrogen-bond acceptors (Lipinski definition) is 7. The highest BCUT2D eigenvalue weighted by Crippen LogP contribution is 2.36. The number of pyridine rings is 1. The van der Waals surface area contributed by atoms with Gasteiger partial charge in [-0.2, -0.15) is 5.26 Å². The summed E-state index contributed by atoms with van der Waals surface area (Å²) in [5, 5.41) is 13.9. The smallest absolute Gasteiger partial charge is 0.169 e. The predicted octanol–water partition coefficient (Wildman–Crippen LogP) is 3.12. The molecule has 0 spiro atoms. The zero-order chi connectivity index (χ0) is 23.2. The van der Waals surface area contributed by atoms with E-state index in [1.807, 2.05) is 43.6 Å². The first-order valence-electron chi connectivity index (χ1n) is 12.0. The fourth-order valence-electron chi connectivity index (χ4n) is 5.35. The van der Waals surface area contributed by atoms with E-state index in [4.69, 9.17) is 9.72 Å². The number of hydrogen-bond donors (Lipinski definition) is 1. The number of carbonyl (C=O) groups excluding carboxylic acids is 1. The molecule has 6 rings (SSSR count). The molecule has 1 aliphatic carbocycles. The maximum atomic E-state index is 12.1. The summed E-state index contributed by atoms with van der Waals surface area (Å²) in [6.07, 6.45) is 4.55. The molecule has 1 N–H and O–H groups in total. The monoisotopic (exact) mass is 456 g/mol. The molecule has 174 valence electrons. The van der Waals surface area contributed by atoms with Crippen LogP contribution in [0.25, 0.3) is 11.0 Å². The maximum absolute atomic E-state index is 12.1. The Kier molecular flexibility index (Phi) is 5.15. The van der Waals surface area contributed by atoms with Crippen LogP contribution in [-0.2, 0) is 0 Å². The second kappa shape index (κ2) is 8.33. The number of benzene rings is 1. The van der Waals surface area contributed by atoms with Crippen LogP contribution in [0.2, 0.25) is 0 Å². The summed E-state index contributed by atoms with van der Waals surface area (Å²) in [6, 6.07) is 13.3. The molecule has 34 heavy (non-hydrogen) atoms. The van der Waals surface area contributed by atoms with Gasteiger partial charge >= 0.3 is 0 Å². The van der Waals surface area contributed by atoms with E-state index in [-0.39, 0.29) is 5.78 Å². The lowest BCUT2D eigenvalue weighted by Gasteiger charge is -2.37. The molecule has 1 saturated carbocycles. The van der Waals surface area contributed by atoms with Crippen molar-refractivity contribution in [1.29, 1.82) is 5.26 Å². The highest BCUT2D eigenvalue weighted by Gasteiger charge is 2.31. The van der Waals surface area contributed by atoms with Crippen molar-refractivity contribution in [3.8, 4) is 11.8 Å². The highest BCUT2D eigenvalue weighted by molar-refractivity contribution is 6.00. The molecule has 0 bridgehead atoms.